The van der Waals surface area contributed by atoms with Gasteiger partial charge in [-0.05, 0) is 48.9 Å². The second-order valence-electron chi connectivity index (χ2n) is 7.34. The van der Waals surface area contributed by atoms with E-state index in [1.165, 1.54) is 19.2 Å². The lowest BCUT2D eigenvalue weighted by atomic mass is 10.2. The Kier molecular flexibility index (Phi) is 6.44. The van der Waals surface area contributed by atoms with Gasteiger partial charge in [-0.15, -0.1) is 0 Å². The second-order valence-corrected chi connectivity index (χ2v) is 7.34. The van der Waals surface area contributed by atoms with Gasteiger partial charge in [-0.2, -0.15) is 0 Å². The Morgan fingerprint density at radius 2 is 1.71 bits per heavy atom. The first kappa shape index (κ1) is 23.0. The van der Waals surface area contributed by atoms with Crippen molar-refractivity contribution in [3.05, 3.63) is 76.3 Å². The van der Waals surface area contributed by atoms with Crippen LogP contribution in [0.1, 0.15) is 5.56 Å². The monoisotopic (exact) mass is 476 g/mol. The van der Waals surface area contributed by atoms with E-state index < -0.39 is 17.0 Å². The first-order chi connectivity index (χ1) is 16.8. The number of fused-ring (bicyclic) bond motifs is 1. The van der Waals surface area contributed by atoms with Crippen molar-refractivity contribution in [2.75, 3.05) is 23.1 Å². The van der Waals surface area contributed by atoms with Crippen LogP contribution in [0.2, 0.25) is 0 Å². The molecule has 12 nitrogen and oxygen atoms in total. The number of benzene rings is 3. The molecule has 4 N–H and O–H groups in total. The Hall–Kier alpha value is -5.13. The zero-order chi connectivity index (χ0) is 24.9. The number of aryl methyl sites for hydroxylation is 1. The lowest BCUT2D eigenvalue weighted by Gasteiger charge is -2.11. The van der Waals surface area contributed by atoms with Crippen LogP contribution in [-0.4, -0.2) is 34.1 Å². The van der Waals surface area contributed by atoms with Gasteiger partial charge in [-0.25, -0.2) is 14.6 Å². The van der Waals surface area contributed by atoms with Crippen molar-refractivity contribution in [1.29, 1.82) is 0 Å². The number of amides is 3. The number of aromatic amines is 1. The number of urea groups is 1. The maximum Gasteiger partial charge on any atom is 0.413 e. The van der Waals surface area contributed by atoms with Crippen LogP contribution in [0, 0.1) is 17.0 Å². The van der Waals surface area contributed by atoms with Gasteiger partial charge in [-0.3, -0.25) is 15.4 Å². The lowest BCUT2D eigenvalue weighted by Crippen LogP contribution is -2.20. The maximum absolute atomic E-state index is 12.3. The fourth-order valence-corrected chi connectivity index (χ4v) is 3.14. The molecular formula is C23H20N6O6. The number of nitrogens with zero attached hydrogens (tertiary/aromatic N) is 2. The van der Waals surface area contributed by atoms with Gasteiger partial charge in [0.1, 0.15) is 11.5 Å². The van der Waals surface area contributed by atoms with E-state index in [1.807, 2.05) is 0 Å². The number of nitro benzene ring substituents is 1. The summed E-state index contributed by atoms with van der Waals surface area (Å²) >= 11 is 0. The molecule has 12 heteroatoms. The van der Waals surface area contributed by atoms with Gasteiger partial charge in [0.15, 0.2) is 0 Å². The number of hydrogen-bond donors (Lipinski definition) is 4. The fraction of sp³-hybridized carbons (Fsp3) is 0.0870. The number of methoxy groups -OCH3 is 1. The summed E-state index contributed by atoms with van der Waals surface area (Å²) in [5, 5.41) is 18.7. The highest BCUT2D eigenvalue weighted by Gasteiger charge is 2.12. The topological polar surface area (TPSA) is 161 Å². The molecule has 0 spiro atoms. The predicted molar refractivity (Wildman–Crippen MR) is 129 cm³/mol. The van der Waals surface area contributed by atoms with Gasteiger partial charge < -0.3 is 25.1 Å². The molecule has 1 heterocycles. The van der Waals surface area contributed by atoms with E-state index in [1.54, 1.807) is 55.5 Å². The summed E-state index contributed by atoms with van der Waals surface area (Å²) in [6.45, 7) is 1.74. The van der Waals surface area contributed by atoms with Crippen molar-refractivity contribution in [2.24, 2.45) is 0 Å². The summed E-state index contributed by atoms with van der Waals surface area (Å²) in [4.78, 5) is 41.3. The smallest absolute Gasteiger partial charge is 0.413 e. The van der Waals surface area contributed by atoms with Crippen LogP contribution in [0.25, 0.3) is 11.0 Å². The Balaban J connectivity index is 1.38. The Labute approximate surface area is 198 Å². The van der Waals surface area contributed by atoms with Crippen molar-refractivity contribution in [2.45, 2.75) is 6.92 Å². The third kappa shape index (κ3) is 5.63. The molecule has 0 aliphatic heterocycles. The minimum atomic E-state index is -0.636. The van der Waals surface area contributed by atoms with E-state index in [0.29, 0.717) is 39.5 Å². The third-order valence-corrected chi connectivity index (χ3v) is 4.89. The van der Waals surface area contributed by atoms with Gasteiger partial charge in [-0.1, -0.05) is 6.07 Å². The molecule has 0 saturated heterocycles. The molecule has 0 atom stereocenters. The molecule has 0 saturated carbocycles. The molecule has 4 aromatic rings. The predicted octanol–water partition coefficient (Wildman–Crippen LogP) is 5.39. The molecule has 178 valence electrons. The molecular weight excluding hydrogens is 456 g/mol. The highest BCUT2D eigenvalue weighted by Crippen LogP contribution is 2.27. The van der Waals surface area contributed by atoms with Gasteiger partial charge in [0, 0.05) is 23.9 Å². The number of aromatic nitrogens is 2. The summed E-state index contributed by atoms with van der Waals surface area (Å²) in [5.41, 5.74) is 2.70. The molecule has 3 aromatic carbocycles. The van der Waals surface area contributed by atoms with Crippen LogP contribution < -0.4 is 20.7 Å². The van der Waals surface area contributed by atoms with Crippen molar-refractivity contribution in [3.63, 3.8) is 0 Å². The van der Waals surface area contributed by atoms with Crippen molar-refractivity contribution in [1.82, 2.24) is 9.97 Å². The molecule has 0 bridgehead atoms. The van der Waals surface area contributed by atoms with E-state index >= 15 is 0 Å². The molecule has 35 heavy (non-hydrogen) atoms. The number of hydrogen-bond acceptors (Lipinski definition) is 7. The molecule has 0 fully saturated rings. The number of non-ortho nitro benzene ring substituents is 1. The zero-order valence-corrected chi connectivity index (χ0v) is 18.6. The lowest BCUT2D eigenvalue weighted by molar-refractivity contribution is -0.384. The minimum Gasteiger partial charge on any atom is -0.457 e. The summed E-state index contributed by atoms with van der Waals surface area (Å²) in [5.74, 6) is 1.29. The SMILES string of the molecule is COC(=O)Nc1nc2cc(Oc3ccc(NC(=O)Nc4cc([N+](=O)[O-])ccc4C)cc3)ccc2[nH]1. The van der Waals surface area contributed by atoms with E-state index in [2.05, 4.69) is 30.7 Å². The van der Waals surface area contributed by atoms with E-state index in [9.17, 15) is 19.7 Å². The van der Waals surface area contributed by atoms with Crippen molar-refractivity contribution in [3.8, 4) is 11.5 Å². The van der Waals surface area contributed by atoms with Crippen LogP contribution >= 0.6 is 0 Å². The van der Waals surface area contributed by atoms with E-state index in [0.717, 1.165) is 0 Å². The number of carbonyl (C=O) groups is 2. The van der Waals surface area contributed by atoms with Crippen molar-refractivity contribution < 1.29 is 24.0 Å². The Morgan fingerprint density at radius 3 is 2.43 bits per heavy atom. The quantitative estimate of drug-likeness (QED) is 0.214. The molecule has 0 aliphatic carbocycles. The van der Waals surface area contributed by atoms with E-state index in [4.69, 9.17) is 4.74 Å². The third-order valence-electron chi connectivity index (χ3n) is 4.89. The normalized spacial score (nSPS) is 10.5. The highest BCUT2D eigenvalue weighted by molar-refractivity contribution is 6.00. The van der Waals surface area contributed by atoms with Gasteiger partial charge >= 0.3 is 12.1 Å². The standard InChI is InChI=1S/C23H20N6O6/c1-13-3-6-15(29(32)33)11-19(13)27-22(30)24-14-4-7-16(8-5-14)35-17-9-10-18-20(12-17)26-21(25-18)28-23(31)34-2/h3-12H,1-2H3,(H2,24,27,30)(H2,25,26,28,31). The number of rotatable bonds is 6. The Bertz CT molecular complexity index is 1420. The number of anilines is 3. The summed E-state index contributed by atoms with van der Waals surface area (Å²) in [6.07, 6.45) is -0.636. The highest BCUT2D eigenvalue weighted by atomic mass is 16.6. The average molecular weight is 476 g/mol. The van der Waals surface area contributed by atoms with Gasteiger partial charge in [0.25, 0.3) is 5.69 Å². The fourth-order valence-electron chi connectivity index (χ4n) is 3.14. The number of H-pyrrole nitrogens is 1. The first-order valence-corrected chi connectivity index (χ1v) is 10.3. The van der Waals surface area contributed by atoms with Crippen LogP contribution in [0.15, 0.2) is 60.7 Å². The van der Waals surface area contributed by atoms with Crippen LogP contribution in [-0.2, 0) is 4.74 Å². The second kappa shape index (κ2) is 9.79. The summed E-state index contributed by atoms with van der Waals surface area (Å²) in [7, 11) is 1.26. The van der Waals surface area contributed by atoms with Crippen LogP contribution in [0.5, 0.6) is 11.5 Å². The zero-order valence-electron chi connectivity index (χ0n) is 18.6. The number of nitro groups is 1. The summed E-state index contributed by atoms with van der Waals surface area (Å²) in [6, 6.07) is 15.6. The Morgan fingerprint density at radius 1 is 0.971 bits per heavy atom. The largest absolute Gasteiger partial charge is 0.457 e. The molecule has 4 rings (SSSR count). The van der Waals surface area contributed by atoms with Gasteiger partial charge in [0.2, 0.25) is 5.95 Å². The number of imidazole rings is 1. The molecule has 0 radical (unpaired) electrons. The van der Waals surface area contributed by atoms with E-state index in [-0.39, 0.29) is 11.6 Å². The number of ether oxygens (including phenoxy) is 2. The molecule has 1 aromatic heterocycles. The number of nitrogens with one attached hydrogen (secondary N) is 4. The van der Waals surface area contributed by atoms with Crippen molar-refractivity contribution >= 4 is 46.2 Å². The van der Waals surface area contributed by atoms with Crippen LogP contribution in [0.4, 0.5) is 32.6 Å². The molecule has 0 unspecified atom stereocenters. The minimum absolute atomic E-state index is 0.114. The first-order valence-electron chi connectivity index (χ1n) is 10.3. The maximum atomic E-state index is 12.3. The summed E-state index contributed by atoms with van der Waals surface area (Å²) < 4.78 is 10.4. The number of carbonyl (C=O) groups excluding carboxylic acids is 2. The van der Waals surface area contributed by atoms with Gasteiger partial charge in [0.05, 0.1) is 28.8 Å². The van der Waals surface area contributed by atoms with Crippen LogP contribution in [0.3, 0.4) is 0 Å². The molecule has 3 amide bonds. The molecule has 0 aliphatic rings. The average Bonchev–Trinajstić information content (AvgIpc) is 3.23.